The van der Waals surface area contributed by atoms with E-state index in [9.17, 15) is 4.79 Å². The third kappa shape index (κ3) is 4.27. The van der Waals surface area contributed by atoms with E-state index in [1.54, 1.807) is 4.90 Å². The first kappa shape index (κ1) is 20.0. The van der Waals surface area contributed by atoms with Crippen molar-refractivity contribution in [2.45, 2.75) is 50.2 Å². The van der Waals surface area contributed by atoms with Gasteiger partial charge < -0.3 is 29.6 Å². The summed E-state index contributed by atoms with van der Waals surface area (Å²) in [4.78, 5) is 18.7. The number of piperidine rings is 1. The molecule has 9 nitrogen and oxygen atoms in total. The van der Waals surface area contributed by atoms with Crippen LogP contribution < -0.4 is 5.32 Å². The molecule has 1 aromatic heterocycles. The molecule has 0 bridgehead atoms. The molecule has 31 heavy (non-hydrogen) atoms. The van der Waals surface area contributed by atoms with Crippen LogP contribution in [-0.4, -0.2) is 65.3 Å². The Morgan fingerprint density at radius 3 is 2.74 bits per heavy atom. The van der Waals surface area contributed by atoms with Gasteiger partial charge in [0, 0.05) is 42.0 Å². The lowest BCUT2D eigenvalue weighted by Gasteiger charge is -2.30. The molecule has 3 heterocycles. The van der Waals surface area contributed by atoms with Crippen LogP contribution in [0.5, 0.6) is 0 Å². The number of carbonyl (C=O) groups is 1. The van der Waals surface area contributed by atoms with Crippen LogP contribution in [0.1, 0.15) is 50.0 Å². The van der Waals surface area contributed by atoms with Gasteiger partial charge in [0.05, 0.1) is 19.3 Å². The van der Waals surface area contributed by atoms with E-state index in [1.807, 2.05) is 25.1 Å². The largest absolute Gasteiger partial charge is 0.443 e. The lowest BCUT2D eigenvalue weighted by Crippen LogP contribution is -2.40. The average Bonchev–Trinajstić information content (AvgIpc) is 3.27. The van der Waals surface area contributed by atoms with Crippen molar-refractivity contribution in [1.29, 1.82) is 5.41 Å². The van der Waals surface area contributed by atoms with Crippen molar-refractivity contribution in [3.63, 3.8) is 0 Å². The maximum absolute atomic E-state index is 12.3. The van der Waals surface area contributed by atoms with Gasteiger partial charge in [-0.05, 0) is 38.7 Å². The van der Waals surface area contributed by atoms with E-state index >= 15 is 0 Å². The fraction of sp³-hybridized carbons (Fsp3) is 0.545. The lowest BCUT2D eigenvalue weighted by atomic mass is 9.97. The Morgan fingerprint density at radius 2 is 2.10 bits per heavy atom. The quantitative estimate of drug-likeness (QED) is 0.682. The maximum Gasteiger partial charge on any atom is 0.410 e. The summed E-state index contributed by atoms with van der Waals surface area (Å²) in [5.74, 6) is 1.27. The molecule has 9 heteroatoms. The van der Waals surface area contributed by atoms with Crippen LogP contribution in [0.4, 0.5) is 10.5 Å². The van der Waals surface area contributed by atoms with Gasteiger partial charge in [-0.3, -0.25) is 0 Å². The summed E-state index contributed by atoms with van der Waals surface area (Å²) in [6.45, 7) is 4.57. The zero-order valence-electron chi connectivity index (χ0n) is 17.6. The second kappa shape index (κ2) is 7.96. The van der Waals surface area contributed by atoms with Crippen LogP contribution in [0.2, 0.25) is 0 Å². The van der Waals surface area contributed by atoms with Gasteiger partial charge in [-0.1, -0.05) is 17.3 Å². The summed E-state index contributed by atoms with van der Waals surface area (Å²) >= 11 is 0. The van der Waals surface area contributed by atoms with Crippen LogP contribution in [0.25, 0.3) is 11.4 Å². The maximum atomic E-state index is 12.3. The van der Waals surface area contributed by atoms with Gasteiger partial charge in [-0.2, -0.15) is 4.98 Å². The molecule has 2 aromatic rings. The number of hydrogen-bond donors (Lipinski definition) is 2. The number of nitrogens with one attached hydrogen (secondary N) is 2. The topological polar surface area (TPSA) is 114 Å². The Labute approximate surface area is 180 Å². The standard InChI is InChI=1S/C22H27N5O4/c1-22(6-7-22)30-21(28)27-8-4-14(5-9-27)20-25-19(26-31-20)15-2-3-16(11-23)18(10-15)24-17-12-29-13-17/h2-3,10-11,14,17,23-24H,4-9,12-13H2,1H3. The van der Waals surface area contributed by atoms with E-state index in [4.69, 9.17) is 19.4 Å². The number of carbonyl (C=O) groups excluding carboxylic acids is 1. The van der Waals surface area contributed by atoms with Crippen LogP contribution in [0.15, 0.2) is 22.7 Å². The van der Waals surface area contributed by atoms with Crippen molar-refractivity contribution in [3.8, 4) is 11.4 Å². The van der Waals surface area contributed by atoms with Crippen LogP contribution >= 0.6 is 0 Å². The molecule has 3 fully saturated rings. The normalized spacial score (nSPS) is 20.7. The lowest BCUT2D eigenvalue weighted by molar-refractivity contribution is 0.0211. The summed E-state index contributed by atoms with van der Waals surface area (Å²) in [5.41, 5.74) is 2.26. The van der Waals surface area contributed by atoms with Crippen molar-refractivity contribution < 1.29 is 18.8 Å². The predicted octanol–water partition coefficient (Wildman–Crippen LogP) is 3.41. The number of benzene rings is 1. The predicted molar refractivity (Wildman–Crippen MR) is 114 cm³/mol. The molecule has 164 valence electrons. The van der Waals surface area contributed by atoms with E-state index < -0.39 is 0 Å². The zero-order valence-corrected chi connectivity index (χ0v) is 17.6. The highest BCUT2D eigenvalue weighted by atomic mass is 16.6. The Kier molecular flexibility index (Phi) is 5.13. The van der Waals surface area contributed by atoms with E-state index in [0.717, 1.165) is 42.5 Å². The number of ether oxygens (including phenoxy) is 2. The highest BCUT2D eigenvalue weighted by Gasteiger charge is 2.43. The molecule has 1 amide bonds. The molecule has 1 aliphatic carbocycles. The first-order valence-corrected chi connectivity index (χ1v) is 10.8. The van der Waals surface area contributed by atoms with E-state index in [1.165, 1.54) is 6.21 Å². The molecule has 2 N–H and O–H groups in total. The molecule has 5 rings (SSSR count). The van der Waals surface area contributed by atoms with Crippen molar-refractivity contribution >= 4 is 18.0 Å². The van der Waals surface area contributed by atoms with Crippen molar-refractivity contribution in [3.05, 3.63) is 29.7 Å². The summed E-state index contributed by atoms with van der Waals surface area (Å²) < 4.78 is 16.4. The van der Waals surface area contributed by atoms with Crippen LogP contribution in [0, 0.1) is 5.41 Å². The molecule has 1 saturated carbocycles. The van der Waals surface area contributed by atoms with E-state index in [2.05, 4.69) is 15.5 Å². The number of aromatic nitrogens is 2. The smallest absolute Gasteiger partial charge is 0.410 e. The summed E-state index contributed by atoms with van der Waals surface area (Å²) in [6.07, 6.45) is 4.56. The highest BCUT2D eigenvalue weighted by Crippen LogP contribution is 2.39. The van der Waals surface area contributed by atoms with Gasteiger partial charge in [0.25, 0.3) is 0 Å². The molecule has 1 aromatic carbocycles. The molecular formula is C22H27N5O4. The highest BCUT2D eigenvalue weighted by molar-refractivity contribution is 5.87. The first-order valence-electron chi connectivity index (χ1n) is 10.8. The van der Waals surface area contributed by atoms with E-state index in [0.29, 0.717) is 38.0 Å². The Morgan fingerprint density at radius 1 is 1.32 bits per heavy atom. The Balaban J connectivity index is 1.23. The minimum atomic E-state index is -0.248. The van der Waals surface area contributed by atoms with Gasteiger partial charge in [0.2, 0.25) is 11.7 Å². The molecule has 2 aliphatic heterocycles. The Bertz CT molecular complexity index is 974. The van der Waals surface area contributed by atoms with Gasteiger partial charge in [0.1, 0.15) is 5.60 Å². The second-order valence-electron chi connectivity index (χ2n) is 8.86. The number of hydrogen-bond acceptors (Lipinski definition) is 8. The zero-order chi connectivity index (χ0) is 21.4. The fourth-order valence-electron chi connectivity index (χ4n) is 3.87. The Hall–Kier alpha value is -2.94. The number of rotatable bonds is 6. The minimum Gasteiger partial charge on any atom is -0.443 e. The molecule has 0 spiro atoms. The average molecular weight is 425 g/mol. The minimum absolute atomic E-state index is 0.132. The molecule has 2 saturated heterocycles. The van der Waals surface area contributed by atoms with Crippen molar-refractivity contribution in [1.82, 2.24) is 15.0 Å². The van der Waals surface area contributed by atoms with Crippen molar-refractivity contribution in [2.24, 2.45) is 0 Å². The molecular weight excluding hydrogens is 398 g/mol. The van der Waals surface area contributed by atoms with Crippen LogP contribution in [-0.2, 0) is 9.47 Å². The molecule has 3 aliphatic rings. The second-order valence-corrected chi connectivity index (χ2v) is 8.86. The number of likely N-dealkylation sites (tertiary alicyclic amines) is 1. The van der Waals surface area contributed by atoms with Crippen molar-refractivity contribution in [2.75, 3.05) is 31.6 Å². The first-order chi connectivity index (χ1) is 15.0. The fourth-order valence-corrected chi connectivity index (χ4v) is 3.87. The molecule has 0 atom stereocenters. The van der Waals surface area contributed by atoms with Gasteiger partial charge >= 0.3 is 6.09 Å². The third-order valence-electron chi connectivity index (χ3n) is 6.30. The summed E-state index contributed by atoms with van der Waals surface area (Å²) in [7, 11) is 0. The van der Waals surface area contributed by atoms with E-state index in [-0.39, 0.29) is 23.7 Å². The van der Waals surface area contributed by atoms with Gasteiger partial charge in [-0.15, -0.1) is 0 Å². The molecule has 0 radical (unpaired) electrons. The van der Waals surface area contributed by atoms with Gasteiger partial charge in [-0.25, -0.2) is 4.79 Å². The number of amides is 1. The van der Waals surface area contributed by atoms with Crippen LogP contribution in [0.3, 0.4) is 0 Å². The SMILES string of the molecule is CC1(OC(=O)N2CCC(c3nc(-c4ccc(C=N)c(NC5COC5)c4)no3)CC2)CC1. The molecule has 0 unspecified atom stereocenters. The summed E-state index contributed by atoms with van der Waals surface area (Å²) in [5, 5.41) is 15.2. The summed E-state index contributed by atoms with van der Waals surface area (Å²) in [6, 6.07) is 5.98. The third-order valence-corrected chi connectivity index (χ3v) is 6.30. The van der Waals surface area contributed by atoms with Gasteiger partial charge in [0.15, 0.2) is 0 Å². The number of nitrogens with zero attached hydrogens (tertiary/aromatic N) is 3. The number of anilines is 1. The monoisotopic (exact) mass is 425 g/mol.